The highest BCUT2D eigenvalue weighted by Gasteiger charge is 2.33. The lowest BCUT2D eigenvalue weighted by molar-refractivity contribution is -0.274. The van der Waals surface area contributed by atoms with Gasteiger partial charge in [0.15, 0.2) is 0 Å². The number of ether oxygens (including phenoxy) is 1. The van der Waals surface area contributed by atoms with Crippen LogP contribution in [0.1, 0.15) is 22.9 Å². The highest BCUT2D eigenvalue weighted by atomic mass is 79.9. The van der Waals surface area contributed by atoms with Gasteiger partial charge < -0.3 is 4.74 Å². The van der Waals surface area contributed by atoms with E-state index in [1.165, 1.54) is 19.1 Å². The molecule has 1 aromatic carbocycles. The van der Waals surface area contributed by atoms with Crippen molar-refractivity contribution in [2.75, 3.05) is 0 Å². The zero-order chi connectivity index (χ0) is 13.9. The molecule has 18 heavy (non-hydrogen) atoms. The minimum absolute atomic E-state index is 0.157. The Morgan fingerprint density at radius 1 is 1.44 bits per heavy atom. The van der Waals surface area contributed by atoms with Crippen LogP contribution >= 0.6 is 31.9 Å². The third-order valence-electron chi connectivity index (χ3n) is 2.09. The summed E-state index contributed by atoms with van der Waals surface area (Å²) < 4.78 is 40.8. The molecule has 0 spiro atoms. The number of carbonyl (C=O) groups is 1. The van der Waals surface area contributed by atoms with E-state index in [0.717, 1.165) is 0 Å². The zero-order valence-corrected chi connectivity index (χ0v) is 12.4. The molecule has 0 saturated heterocycles. The highest BCUT2D eigenvalue weighted by molar-refractivity contribution is 9.09. The SMILES string of the molecule is CC(=O)C(Br)c1ccc(CBr)cc1OC(F)(F)F. The number of alkyl halides is 5. The van der Waals surface area contributed by atoms with Gasteiger partial charge in [-0.05, 0) is 18.6 Å². The van der Waals surface area contributed by atoms with Gasteiger partial charge in [0.25, 0.3) is 0 Å². The number of halogens is 5. The van der Waals surface area contributed by atoms with Crippen molar-refractivity contribution in [3.05, 3.63) is 29.3 Å². The predicted octanol–water partition coefficient (Wildman–Crippen LogP) is 4.51. The molecule has 0 amide bonds. The van der Waals surface area contributed by atoms with Crippen LogP contribution in [0.3, 0.4) is 0 Å². The second-order valence-corrected chi connectivity index (χ2v) is 5.00. The smallest absolute Gasteiger partial charge is 0.405 e. The number of hydrogen-bond acceptors (Lipinski definition) is 2. The topological polar surface area (TPSA) is 26.3 Å². The van der Waals surface area contributed by atoms with Crippen LogP contribution in [0.25, 0.3) is 0 Å². The number of hydrogen-bond donors (Lipinski definition) is 0. The zero-order valence-electron chi connectivity index (χ0n) is 9.22. The summed E-state index contributed by atoms with van der Waals surface area (Å²) in [4.78, 5) is 10.4. The van der Waals surface area contributed by atoms with Gasteiger partial charge in [0.2, 0.25) is 0 Å². The number of rotatable bonds is 4. The van der Waals surface area contributed by atoms with Crippen molar-refractivity contribution in [3.63, 3.8) is 0 Å². The Morgan fingerprint density at radius 2 is 2.06 bits per heavy atom. The molecule has 0 radical (unpaired) electrons. The molecule has 1 atom stereocenters. The quantitative estimate of drug-likeness (QED) is 0.708. The first-order valence-corrected chi connectivity index (χ1v) is 6.87. The van der Waals surface area contributed by atoms with Crippen LogP contribution in [-0.2, 0) is 10.1 Å². The monoisotopic (exact) mass is 388 g/mol. The van der Waals surface area contributed by atoms with Crippen molar-refractivity contribution < 1.29 is 22.7 Å². The normalized spacial score (nSPS) is 13.2. The van der Waals surface area contributed by atoms with E-state index in [0.29, 0.717) is 10.9 Å². The van der Waals surface area contributed by atoms with Crippen LogP contribution in [0.15, 0.2) is 18.2 Å². The third-order valence-corrected chi connectivity index (χ3v) is 3.87. The van der Waals surface area contributed by atoms with Gasteiger partial charge in [-0.2, -0.15) is 0 Å². The molecule has 0 bridgehead atoms. The molecule has 7 heteroatoms. The second-order valence-electron chi connectivity index (χ2n) is 3.53. The Balaban J connectivity index is 3.20. The van der Waals surface area contributed by atoms with E-state index in [1.807, 2.05) is 0 Å². The van der Waals surface area contributed by atoms with Gasteiger partial charge in [-0.1, -0.05) is 44.0 Å². The van der Waals surface area contributed by atoms with Gasteiger partial charge in [0, 0.05) is 10.9 Å². The number of ketones is 1. The van der Waals surface area contributed by atoms with Crippen LogP contribution in [0.5, 0.6) is 5.75 Å². The molecular formula is C11H9Br2F3O2. The van der Waals surface area contributed by atoms with Crippen molar-refractivity contribution in [1.82, 2.24) is 0 Å². The summed E-state index contributed by atoms with van der Waals surface area (Å²) in [6.45, 7) is 1.29. The van der Waals surface area contributed by atoms with E-state index in [4.69, 9.17) is 0 Å². The molecule has 2 nitrogen and oxygen atoms in total. The van der Waals surface area contributed by atoms with E-state index >= 15 is 0 Å². The predicted molar refractivity (Wildman–Crippen MR) is 68.1 cm³/mol. The van der Waals surface area contributed by atoms with Crippen LogP contribution < -0.4 is 4.74 Å². The summed E-state index contributed by atoms with van der Waals surface area (Å²) in [5.41, 5.74) is 0.783. The number of carbonyl (C=O) groups excluding carboxylic acids is 1. The molecule has 0 aliphatic rings. The molecular weight excluding hydrogens is 381 g/mol. The summed E-state index contributed by atoms with van der Waals surface area (Å²) in [6.07, 6.45) is -4.79. The lowest BCUT2D eigenvalue weighted by atomic mass is 10.1. The maximum Gasteiger partial charge on any atom is 0.573 e. The molecule has 0 fully saturated rings. The van der Waals surface area contributed by atoms with E-state index in [-0.39, 0.29) is 17.1 Å². The van der Waals surface area contributed by atoms with Crippen molar-refractivity contribution in [2.45, 2.75) is 23.4 Å². The van der Waals surface area contributed by atoms with Crippen LogP contribution in [0.4, 0.5) is 13.2 Å². The van der Waals surface area contributed by atoms with E-state index in [1.54, 1.807) is 6.07 Å². The summed E-state index contributed by atoms with van der Waals surface area (Å²) in [7, 11) is 0. The summed E-state index contributed by atoms with van der Waals surface area (Å²) in [5, 5.41) is 0.397. The lowest BCUT2D eigenvalue weighted by Gasteiger charge is -2.16. The van der Waals surface area contributed by atoms with Crippen LogP contribution in [0, 0.1) is 0 Å². The standard InChI is InChI=1S/C11H9Br2F3O2/c1-6(17)10(13)8-3-2-7(5-12)4-9(8)18-11(14,15)16/h2-4,10H,5H2,1H3. The third kappa shape index (κ3) is 4.28. The van der Waals surface area contributed by atoms with E-state index in [2.05, 4.69) is 36.6 Å². The molecule has 0 heterocycles. The Kier molecular flexibility index (Phi) is 5.21. The van der Waals surface area contributed by atoms with Gasteiger partial charge in [0.1, 0.15) is 16.4 Å². The van der Waals surface area contributed by atoms with Gasteiger partial charge in [-0.25, -0.2) is 0 Å². The van der Waals surface area contributed by atoms with Gasteiger partial charge in [0.05, 0.1) is 0 Å². The fourth-order valence-electron chi connectivity index (χ4n) is 1.30. The average molecular weight is 390 g/mol. The number of Topliss-reactive ketones (excluding diaryl/α,β-unsaturated/α-hetero) is 1. The highest BCUT2D eigenvalue weighted by Crippen LogP contribution is 2.36. The Morgan fingerprint density at radius 3 is 2.50 bits per heavy atom. The van der Waals surface area contributed by atoms with Gasteiger partial charge >= 0.3 is 6.36 Å². The first kappa shape index (κ1) is 15.5. The second kappa shape index (κ2) is 6.06. The lowest BCUT2D eigenvalue weighted by Crippen LogP contribution is -2.19. The maximum atomic E-state index is 12.3. The molecule has 0 aliphatic carbocycles. The summed E-state index contributed by atoms with van der Waals surface area (Å²) in [5.74, 6) is -0.662. The first-order chi connectivity index (χ1) is 8.24. The summed E-state index contributed by atoms with van der Waals surface area (Å²) in [6, 6.07) is 4.33. The Hall–Kier alpha value is -0.560. The van der Waals surface area contributed by atoms with Crippen molar-refractivity contribution in [1.29, 1.82) is 0 Å². The minimum Gasteiger partial charge on any atom is -0.405 e. The minimum atomic E-state index is -4.79. The fraction of sp³-hybridized carbons (Fsp3) is 0.364. The van der Waals surface area contributed by atoms with E-state index in [9.17, 15) is 18.0 Å². The van der Waals surface area contributed by atoms with Crippen molar-refractivity contribution >= 4 is 37.6 Å². The Labute approximate surface area is 119 Å². The summed E-state index contributed by atoms with van der Waals surface area (Å²) >= 11 is 6.19. The molecule has 1 rings (SSSR count). The largest absolute Gasteiger partial charge is 0.573 e. The van der Waals surface area contributed by atoms with E-state index < -0.39 is 11.2 Å². The van der Waals surface area contributed by atoms with Gasteiger partial charge in [-0.15, -0.1) is 13.2 Å². The Bertz CT molecular complexity index is 446. The van der Waals surface area contributed by atoms with Crippen LogP contribution in [0.2, 0.25) is 0 Å². The number of benzene rings is 1. The first-order valence-electron chi connectivity index (χ1n) is 4.83. The van der Waals surface area contributed by atoms with Gasteiger partial charge in [-0.3, -0.25) is 4.79 Å². The molecule has 0 N–H and O–H groups in total. The maximum absolute atomic E-state index is 12.3. The molecule has 1 aromatic rings. The molecule has 0 aliphatic heterocycles. The molecule has 100 valence electrons. The molecule has 0 aromatic heterocycles. The van der Waals surface area contributed by atoms with Crippen LogP contribution in [-0.4, -0.2) is 12.1 Å². The average Bonchev–Trinajstić information content (AvgIpc) is 2.25. The molecule has 0 saturated carbocycles. The van der Waals surface area contributed by atoms with Crippen molar-refractivity contribution in [3.8, 4) is 5.75 Å². The van der Waals surface area contributed by atoms with Crippen molar-refractivity contribution in [2.24, 2.45) is 0 Å². The molecule has 1 unspecified atom stereocenters. The fourth-order valence-corrected chi connectivity index (χ4v) is 2.03.